The van der Waals surface area contributed by atoms with Gasteiger partial charge in [0, 0.05) is 6.54 Å². The van der Waals surface area contributed by atoms with E-state index in [1.807, 2.05) is 31.2 Å². The number of primary amides is 1. The van der Waals surface area contributed by atoms with Crippen molar-refractivity contribution in [3.63, 3.8) is 0 Å². The van der Waals surface area contributed by atoms with Crippen LogP contribution in [-0.4, -0.2) is 27.5 Å². The van der Waals surface area contributed by atoms with Gasteiger partial charge in [0.2, 0.25) is 0 Å². The van der Waals surface area contributed by atoms with E-state index in [1.54, 1.807) is 11.6 Å². The summed E-state index contributed by atoms with van der Waals surface area (Å²) in [5.41, 5.74) is 7.34. The van der Waals surface area contributed by atoms with Crippen LogP contribution in [0.3, 0.4) is 0 Å². The number of aromatic nitrogens is 3. The summed E-state index contributed by atoms with van der Waals surface area (Å²) >= 11 is 0. The molecular weight excluding hydrogens is 268 g/mol. The summed E-state index contributed by atoms with van der Waals surface area (Å²) in [6.45, 7) is 5.18. The molecule has 0 fully saturated rings. The van der Waals surface area contributed by atoms with Crippen molar-refractivity contribution in [2.75, 3.05) is 6.61 Å². The van der Waals surface area contributed by atoms with Crippen LogP contribution >= 0.6 is 0 Å². The van der Waals surface area contributed by atoms with E-state index in [4.69, 9.17) is 10.5 Å². The Bertz CT molecular complexity index is 622. The van der Waals surface area contributed by atoms with E-state index in [0.29, 0.717) is 18.8 Å². The molecule has 6 heteroatoms. The topological polar surface area (TPSA) is 83.0 Å². The number of hydrogen-bond donors (Lipinski definition) is 1. The second-order valence-corrected chi connectivity index (χ2v) is 4.98. The largest absolute Gasteiger partial charge is 0.494 e. The first-order valence-electron chi connectivity index (χ1n) is 6.97. The Hall–Kier alpha value is -2.37. The fourth-order valence-corrected chi connectivity index (χ4v) is 2.06. The molecule has 0 aliphatic rings. The van der Waals surface area contributed by atoms with Crippen LogP contribution in [0.4, 0.5) is 0 Å². The van der Waals surface area contributed by atoms with Crippen molar-refractivity contribution < 1.29 is 9.53 Å². The highest BCUT2D eigenvalue weighted by Gasteiger charge is 2.12. The third-order valence-corrected chi connectivity index (χ3v) is 3.24. The molecule has 0 saturated heterocycles. The molecule has 21 heavy (non-hydrogen) atoms. The molecule has 112 valence electrons. The second kappa shape index (κ2) is 6.88. The van der Waals surface area contributed by atoms with Gasteiger partial charge in [-0.2, -0.15) is 0 Å². The number of nitrogens with zero attached hydrogens (tertiary/aromatic N) is 3. The van der Waals surface area contributed by atoms with Gasteiger partial charge in [0.05, 0.1) is 12.3 Å². The van der Waals surface area contributed by atoms with Crippen LogP contribution in [0.5, 0.6) is 5.75 Å². The fraction of sp³-hybridized carbons (Fsp3) is 0.400. The SMILES string of the molecule is Cc1cccc(OCCCCn2nnc(C(N)=O)c2C)c1. The van der Waals surface area contributed by atoms with E-state index in [9.17, 15) is 4.79 Å². The zero-order valence-corrected chi connectivity index (χ0v) is 12.4. The Morgan fingerprint density at radius 1 is 1.33 bits per heavy atom. The number of hydrogen-bond acceptors (Lipinski definition) is 4. The second-order valence-electron chi connectivity index (χ2n) is 4.98. The van der Waals surface area contributed by atoms with Crippen LogP contribution in [-0.2, 0) is 6.54 Å². The van der Waals surface area contributed by atoms with E-state index >= 15 is 0 Å². The van der Waals surface area contributed by atoms with E-state index in [0.717, 1.165) is 18.6 Å². The highest BCUT2D eigenvalue weighted by molar-refractivity contribution is 5.91. The van der Waals surface area contributed by atoms with Crippen LogP contribution < -0.4 is 10.5 Å². The molecular formula is C15H20N4O2. The standard InChI is InChI=1S/C15H20N4O2/c1-11-6-5-7-13(10-11)21-9-4-3-8-19-12(2)14(15(16)20)17-18-19/h5-7,10H,3-4,8-9H2,1-2H3,(H2,16,20). The Morgan fingerprint density at radius 3 is 2.81 bits per heavy atom. The number of unbranched alkanes of at least 4 members (excludes halogenated alkanes) is 1. The van der Waals surface area contributed by atoms with Gasteiger partial charge >= 0.3 is 0 Å². The number of nitrogens with two attached hydrogens (primary N) is 1. The Morgan fingerprint density at radius 2 is 2.14 bits per heavy atom. The van der Waals surface area contributed by atoms with Gasteiger partial charge in [-0.3, -0.25) is 4.79 Å². The van der Waals surface area contributed by atoms with Gasteiger partial charge in [-0.1, -0.05) is 17.3 Å². The summed E-state index contributed by atoms with van der Waals surface area (Å²) in [7, 11) is 0. The number of aryl methyl sites for hydroxylation is 2. The molecule has 0 aliphatic carbocycles. The minimum absolute atomic E-state index is 0.242. The minimum atomic E-state index is -0.540. The molecule has 1 amide bonds. The van der Waals surface area contributed by atoms with Gasteiger partial charge in [0.15, 0.2) is 5.69 Å². The fourth-order valence-electron chi connectivity index (χ4n) is 2.06. The quantitative estimate of drug-likeness (QED) is 0.788. The lowest BCUT2D eigenvalue weighted by atomic mass is 10.2. The molecule has 0 radical (unpaired) electrons. The van der Waals surface area contributed by atoms with Crippen LogP contribution in [0, 0.1) is 13.8 Å². The number of rotatable bonds is 7. The zero-order valence-electron chi connectivity index (χ0n) is 12.4. The average Bonchev–Trinajstić information content (AvgIpc) is 2.80. The molecule has 1 heterocycles. The van der Waals surface area contributed by atoms with Crippen molar-refractivity contribution in [2.45, 2.75) is 33.2 Å². The molecule has 1 aromatic carbocycles. The van der Waals surface area contributed by atoms with Gasteiger partial charge < -0.3 is 10.5 Å². The lowest BCUT2D eigenvalue weighted by Crippen LogP contribution is -2.13. The summed E-state index contributed by atoms with van der Waals surface area (Å²) < 4.78 is 7.38. The number of amides is 1. The predicted molar refractivity (Wildman–Crippen MR) is 79.2 cm³/mol. The maximum atomic E-state index is 11.1. The minimum Gasteiger partial charge on any atom is -0.494 e. The van der Waals surface area contributed by atoms with Gasteiger partial charge in [0.25, 0.3) is 5.91 Å². The summed E-state index contributed by atoms with van der Waals surface area (Å²) in [5, 5.41) is 7.71. The van der Waals surface area contributed by atoms with Gasteiger partial charge in [-0.25, -0.2) is 4.68 Å². The lowest BCUT2D eigenvalue weighted by molar-refractivity contribution is 0.0995. The molecule has 2 aromatic rings. The lowest BCUT2D eigenvalue weighted by Gasteiger charge is -2.07. The Balaban J connectivity index is 1.74. The molecule has 0 saturated carbocycles. The molecule has 0 spiro atoms. The van der Waals surface area contributed by atoms with Crippen LogP contribution in [0.25, 0.3) is 0 Å². The summed E-state index contributed by atoms with van der Waals surface area (Å²) in [6.07, 6.45) is 1.80. The van der Waals surface area contributed by atoms with Crippen molar-refractivity contribution in [2.24, 2.45) is 5.73 Å². The molecule has 2 rings (SSSR count). The van der Waals surface area contributed by atoms with E-state index < -0.39 is 5.91 Å². The first-order valence-corrected chi connectivity index (χ1v) is 6.97. The van der Waals surface area contributed by atoms with Crippen LogP contribution in [0.1, 0.15) is 34.6 Å². The van der Waals surface area contributed by atoms with E-state index in [1.165, 1.54) is 5.56 Å². The van der Waals surface area contributed by atoms with Crippen LogP contribution in [0.2, 0.25) is 0 Å². The monoisotopic (exact) mass is 288 g/mol. The molecule has 1 aromatic heterocycles. The van der Waals surface area contributed by atoms with E-state index in [-0.39, 0.29) is 5.69 Å². The molecule has 2 N–H and O–H groups in total. The van der Waals surface area contributed by atoms with Gasteiger partial charge in [-0.05, 0) is 44.4 Å². The highest BCUT2D eigenvalue weighted by Crippen LogP contribution is 2.13. The third-order valence-electron chi connectivity index (χ3n) is 3.24. The first kappa shape index (κ1) is 15.0. The van der Waals surface area contributed by atoms with Crippen molar-refractivity contribution in [3.8, 4) is 5.75 Å². The number of carbonyl (C=O) groups excluding carboxylic acids is 1. The van der Waals surface area contributed by atoms with Crippen molar-refractivity contribution in [3.05, 3.63) is 41.2 Å². The molecule has 6 nitrogen and oxygen atoms in total. The Labute approximate surface area is 123 Å². The molecule has 0 aliphatic heterocycles. The zero-order chi connectivity index (χ0) is 15.2. The number of benzene rings is 1. The average molecular weight is 288 g/mol. The Kier molecular flexibility index (Phi) is 4.92. The number of ether oxygens (including phenoxy) is 1. The highest BCUT2D eigenvalue weighted by atomic mass is 16.5. The predicted octanol–water partition coefficient (Wildman–Crippen LogP) is 1.85. The molecule has 0 bridgehead atoms. The van der Waals surface area contributed by atoms with Crippen molar-refractivity contribution in [1.82, 2.24) is 15.0 Å². The summed E-state index contributed by atoms with van der Waals surface area (Å²) in [5.74, 6) is 0.351. The maximum absolute atomic E-state index is 11.1. The first-order chi connectivity index (χ1) is 10.1. The van der Waals surface area contributed by atoms with Crippen molar-refractivity contribution in [1.29, 1.82) is 0 Å². The van der Waals surface area contributed by atoms with Gasteiger partial charge in [-0.15, -0.1) is 5.10 Å². The molecule has 0 unspecified atom stereocenters. The normalized spacial score (nSPS) is 10.6. The molecule has 0 atom stereocenters. The van der Waals surface area contributed by atoms with Crippen molar-refractivity contribution >= 4 is 5.91 Å². The van der Waals surface area contributed by atoms with Crippen LogP contribution in [0.15, 0.2) is 24.3 Å². The van der Waals surface area contributed by atoms with Gasteiger partial charge in [0.1, 0.15) is 5.75 Å². The smallest absolute Gasteiger partial charge is 0.271 e. The maximum Gasteiger partial charge on any atom is 0.271 e. The summed E-state index contributed by atoms with van der Waals surface area (Å²) in [4.78, 5) is 11.1. The summed E-state index contributed by atoms with van der Waals surface area (Å²) in [6, 6.07) is 7.99. The number of carbonyl (C=O) groups is 1. The third kappa shape index (κ3) is 4.05. The van der Waals surface area contributed by atoms with E-state index in [2.05, 4.69) is 10.3 Å².